The van der Waals surface area contributed by atoms with Crippen LogP contribution in [0.2, 0.25) is 5.02 Å². The van der Waals surface area contributed by atoms with Crippen LogP contribution in [0.25, 0.3) is 0 Å². The van der Waals surface area contributed by atoms with E-state index < -0.39 is 0 Å². The normalized spacial score (nSPS) is 12.2. The van der Waals surface area contributed by atoms with Crippen molar-refractivity contribution in [1.82, 2.24) is 5.32 Å². The molecule has 0 saturated heterocycles. The summed E-state index contributed by atoms with van der Waals surface area (Å²) in [6.45, 7) is 1.79. The van der Waals surface area contributed by atoms with Crippen molar-refractivity contribution in [3.05, 3.63) is 28.8 Å². The van der Waals surface area contributed by atoms with Gasteiger partial charge in [-0.05, 0) is 31.5 Å². The number of aliphatic hydroxyl groups is 1. The van der Waals surface area contributed by atoms with Gasteiger partial charge in [0, 0.05) is 12.6 Å². The third-order valence-corrected chi connectivity index (χ3v) is 2.46. The Morgan fingerprint density at radius 2 is 2.25 bits per heavy atom. The predicted molar refractivity (Wildman–Crippen MR) is 61.7 cm³/mol. The topological polar surface area (TPSA) is 69.6 Å². The van der Waals surface area contributed by atoms with Crippen molar-refractivity contribution < 1.29 is 15.0 Å². The van der Waals surface area contributed by atoms with Crippen molar-refractivity contribution in [2.75, 3.05) is 6.61 Å². The Balaban J connectivity index is 2.76. The molecule has 0 spiro atoms. The summed E-state index contributed by atoms with van der Waals surface area (Å²) in [6, 6.07) is 4.04. The van der Waals surface area contributed by atoms with E-state index in [0.717, 1.165) is 0 Å². The lowest BCUT2D eigenvalue weighted by molar-refractivity contribution is 0.0934. The summed E-state index contributed by atoms with van der Waals surface area (Å²) in [4.78, 5) is 11.7. The maximum atomic E-state index is 11.7. The van der Waals surface area contributed by atoms with Gasteiger partial charge in [0.15, 0.2) is 0 Å². The minimum absolute atomic E-state index is 0.00915. The fourth-order valence-corrected chi connectivity index (χ4v) is 1.46. The molecule has 1 amide bonds. The number of phenolic OH excluding ortho intramolecular Hbond substituents is 1. The number of carbonyl (C=O) groups is 1. The smallest absolute Gasteiger partial charge is 0.253 e. The first-order valence-corrected chi connectivity index (χ1v) is 5.32. The zero-order chi connectivity index (χ0) is 12.1. The van der Waals surface area contributed by atoms with Crippen LogP contribution in [-0.2, 0) is 0 Å². The van der Waals surface area contributed by atoms with E-state index in [0.29, 0.717) is 6.42 Å². The lowest BCUT2D eigenvalue weighted by atomic mass is 10.1. The minimum Gasteiger partial charge on any atom is -0.508 e. The Kier molecular flexibility index (Phi) is 4.58. The highest BCUT2D eigenvalue weighted by molar-refractivity contribution is 6.33. The number of amides is 1. The van der Waals surface area contributed by atoms with Crippen LogP contribution in [0.1, 0.15) is 23.7 Å². The van der Waals surface area contributed by atoms with Crippen molar-refractivity contribution in [2.45, 2.75) is 19.4 Å². The van der Waals surface area contributed by atoms with Crippen LogP contribution in [-0.4, -0.2) is 28.8 Å². The number of halogens is 1. The van der Waals surface area contributed by atoms with Gasteiger partial charge < -0.3 is 15.5 Å². The molecule has 0 aromatic heterocycles. The SMILES string of the molecule is CC(CCO)NC(=O)c1cc(O)ccc1Cl. The molecule has 1 atom stereocenters. The van der Waals surface area contributed by atoms with Gasteiger partial charge >= 0.3 is 0 Å². The lowest BCUT2D eigenvalue weighted by Crippen LogP contribution is -2.33. The molecule has 0 aliphatic carbocycles. The quantitative estimate of drug-likeness (QED) is 0.752. The van der Waals surface area contributed by atoms with Gasteiger partial charge in [-0.25, -0.2) is 0 Å². The molecule has 4 nitrogen and oxygen atoms in total. The summed E-state index contributed by atoms with van der Waals surface area (Å²) >= 11 is 5.83. The maximum absolute atomic E-state index is 11.7. The largest absolute Gasteiger partial charge is 0.508 e. The number of benzene rings is 1. The molecule has 0 aliphatic rings. The molecule has 1 rings (SSSR count). The Morgan fingerprint density at radius 3 is 2.88 bits per heavy atom. The highest BCUT2D eigenvalue weighted by Crippen LogP contribution is 2.21. The third kappa shape index (κ3) is 3.40. The first kappa shape index (κ1) is 12.8. The minimum atomic E-state index is -0.359. The summed E-state index contributed by atoms with van der Waals surface area (Å²) in [5, 5.41) is 20.9. The van der Waals surface area contributed by atoms with Gasteiger partial charge in [0.05, 0.1) is 10.6 Å². The van der Waals surface area contributed by atoms with Gasteiger partial charge in [-0.3, -0.25) is 4.79 Å². The number of nitrogens with one attached hydrogen (secondary N) is 1. The van der Waals surface area contributed by atoms with E-state index in [1.54, 1.807) is 6.92 Å². The second-order valence-electron chi connectivity index (χ2n) is 3.55. The fourth-order valence-electron chi connectivity index (χ4n) is 1.25. The van der Waals surface area contributed by atoms with Crippen LogP contribution in [0.3, 0.4) is 0 Å². The first-order chi connectivity index (χ1) is 7.54. The van der Waals surface area contributed by atoms with E-state index in [4.69, 9.17) is 16.7 Å². The van der Waals surface area contributed by atoms with Gasteiger partial charge in [0.1, 0.15) is 5.75 Å². The second kappa shape index (κ2) is 5.72. The molecule has 0 saturated carbocycles. The van der Waals surface area contributed by atoms with Crippen LogP contribution >= 0.6 is 11.6 Å². The predicted octanol–water partition coefficient (Wildman–Crippen LogP) is 1.55. The number of rotatable bonds is 4. The van der Waals surface area contributed by atoms with Gasteiger partial charge in [0.2, 0.25) is 0 Å². The Hall–Kier alpha value is -1.26. The number of aliphatic hydroxyl groups excluding tert-OH is 1. The molecular formula is C11H14ClNO3. The second-order valence-corrected chi connectivity index (χ2v) is 3.96. The van der Waals surface area contributed by atoms with Crippen molar-refractivity contribution in [2.24, 2.45) is 0 Å². The standard InChI is InChI=1S/C11H14ClNO3/c1-7(4-5-14)13-11(16)9-6-8(15)2-3-10(9)12/h2-3,6-7,14-15H,4-5H2,1H3,(H,13,16). The maximum Gasteiger partial charge on any atom is 0.253 e. The fraction of sp³-hybridized carbons (Fsp3) is 0.364. The molecule has 0 heterocycles. The number of hydrogen-bond acceptors (Lipinski definition) is 3. The van der Waals surface area contributed by atoms with E-state index in [1.165, 1.54) is 18.2 Å². The Bertz CT molecular complexity index is 381. The van der Waals surface area contributed by atoms with Crippen LogP contribution < -0.4 is 5.32 Å². The lowest BCUT2D eigenvalue weighted by Gasteiger charge is -2.13. The molecule has 5 heteroatoms. The number of phenols is 1. The van der Waals surface area contributed by atoms with Crippen molar-refractivity contribution in [3.63, 3.8) is 0 Å². The zero-order valence-electron chi connectivity index (χ0n) is 8.90. The number of aromatic hydroxyl groups is 1. The van der Waals surface area contributed by atoms with Crippen molar-refractivity contribution >= 4 is 17.5 Å². The van der Waals surface area contributed by atoms with Gasteiger partial charge in [-0.1, -0.05) is 11.6 Å². The molecule has 1 aromatic carbocycles. The number of hydrogen-bond donors (Lipinski definition) is 3. The molecule has 88 valence electrons. The summed E-state index contributed by atoms with van der Waals surface area (Å²) in [6.07, 6.45) is 0.474. The summed E-state index contributed by atoms with van der Waals surface area (Å²) < 4.78 is 0. The summed E-state index contributed by atoms with van der Waals surface area (Å²) in [5.74, 6) is -0.369. The highest BCUT2D eigenvalue weighted by atomic mass is 35.5. The monoisotopic (exact) mass is 243 g/mol. The van der Waals surface area contributed by atoms with Crippen LogP contribution in [0.4, 0.5) is 0 Å². The van der Waals surface area contributed by atoms with E-state index in [2.05, 4.69) is 5.32 Å². The molecule has 0 fully saturated rings. The van der Waals surface area contributed by atoms with E-state index in [9.17, 15) is 9.90 Å². The number of carbonyl (C=O) groups excluding carboxylic acids is 1. The van der Waals surface area contributed by atoms with Gasteiger partial charge in [0.25, 0.3) is 5.91 Å². The third-order valence-electron chi connectivity index (χ3n) is 2.13. The average molecular weight is 244 g/mol. The molecule has 0 bridgehead atoms. The highest BCUT2D eigenvalue weighted by Gasteiger charge is 2.13. The molecule has 1 unspecified atom stereocenters. The van der Waals surface area contributed by atoms with Crippen LogP contribution in [0.15, 0.2) is 18.2 Å². The Labute approximate surface area is 98.9 Å². The molecule has 3 N–H and O–H groups in total. The molecule has 16 heavy (non-hydrogen) atoms. The van der Waals surface area contributed by atoms with Gasteiger partial charge in [-0.15, -0.1) is 0 Å². The summed E-state index contributed by atoms with van der Waals surface area (Å²) in [7, 11) is 0. The first-order valence-electron chi connectivity index (χ1n) is 4.95. The van der Waals surface area contributed by atoms with E-state index in [-0.39, 0.29) is 34.9 Å². The molecule has 0 aliphatic heterocycles. The van der Waals surface area contributed by atoms with Crippen molar-refractivity contribution in [3.8, 4) is 5.75 Å². The average Bonchev–Trinajstić information content (AvgIpc) is 2.21. The zero-order valence-corrected chi connectivity index (χ0v) is 9.66. The van der Waals surface area contributed by atoms with Crippen LogP contribution in [0, 0.1) is 0 Å². The summed E-state index contributed by atoms with van der Waals surface area (Å²) in [5.41, 5.74) is 0.228. The van der Waals surface area contributed by atoms with Gasteiger partial charge in [-0.2, -0.15) is 0 Å². The Morgan fingerprint density at radius 1 is 1.56 bits per heavy atom. The van der Waals surface area contributed by atoms with Crippen LogP contribution in [0.5, 0.6) is 5.75 Å². The molecule has 1 aromatic rings. The van der Waals surface area contributed by atoms with E-state index in [1.807, 2.05) is 0 Å². The molecular weight excluding hydrogens is 230 g/mol. The molecule has 0 radical (unpaired) electrons. The van der Waals surface area contributed by atoms with E-state index >= 15 is 0 Å². The van der Waals surface area contributed by atoms with Crippen molar-refractivity contribution in [1.29, 1.82) is 0 Å².